The monoisotopic (exact) mass is 236 g/mol. The zero-order chi connectivity index (χ0) is 10.8. The Hall–Kier alpha value is -0.410. The van der Waals surface area contributed by atoms with E-state index in [-0.39, 0.29) is 0 Å². The summed E-state index contributed by atoms with van der Waals surface area (Å²) in [6.07, 6.45) is 10.5. The summed E-state index contributed by atoms with van der Waals surface area (Å²) in [6, 6.07) is 0.696. The van der Waals surface area contributed by atoms with Gasteiger partial charge in [0.25, 0.3) is 0 Å². The lowest BCUT2D eigenvalue weighted by molar-refractivity contribution is 0.399. The van der Waals surface area contributed by atoms with E-state index in [1.165, 1.54) is 62.2 Å². The molecule has 1 N–H and O–H groups in total. The van der Waals surface area contributed by atoms with Gasteiger partial charge in [0.2, 0.25) is 0 Å². The first kappa shape index (κ1) is 10.7. The SMILES string of the molecule is C1CCC(Cc2nc3c(s2)CCCC3)NC1. The maximum atomic E-state index is 4.82. The molecule has 0 radical (unpaired) electrons. The van der Waals surface area contributed by atoms with Crippen molar-refractivity contribution in [1.82, 2.24) is 10.3 Å². The summed E-state index contributed by atoms with van der Waals surface area (Å²) in [5, 5.41) is 5.00. The molecule has 1 unspecified atom stereocenters. The molecule has 1 fully saturated rings. The van der Waals surface area contributed by atoms with Crippen LogP contribution in [0.25, 0.3) is 0 Å². The molecular weight excluding hydrogens is 216 g/mol. The molecule has 1 saturated heterocycles. The van der Waals surface area contributed by atoms with Crippen molar-refractivity contribution in [3.05, 3.63) is 15.6 Å². The highest BCUT2D eigenvalue weighted by atomic mass is 32.1. The largest absolute Gasteiger partial charge is 0.314 e. The van der Waals surface area contributed by atoms with E-state index in [0.29, 0.717) is 6.04 Å². The fourth-order valence-electron chi connectivity index (χ4n) is 2.80. The van der Waals surface area contributed by atoms with Crippen molar-refractivity contribution in [3.8, 4) is 0 Å². The van der Waals surface area contributed by atoms with E-state index in [0.717, 1.165) is 6.42 Å². The number of fused-ring (bicyclic) bond motifs is 1. The predicted octanol–water partition coefficient (Wildman–Crippen LogP) is 2.71. The summed E-state index contributed by atoms with van der Waals surface area (Å²) in [7, 11) is 0. The first-order chi connectivity index (χ1) is 7.92. The predicted molar refractivity (Wildman–Crippen MR) is 68.1 cm³/mol. The number of aromatic nitrogens is 1. The molecule has 16 heavy (non-hydrogen) atoms. The van der Waals surface area contributed by atoms with Gasteiger partial charge in [0.05, 0.1) is 10.7 Å². The molecule has 1 aliphatic heterocycles. The van der Waals surface area contributed by atoms with Crippen LogP contribution in [0.1, 0.15) is 47.7 Å². The van der Waals surface area contributed by atoms with E-state index in [1.807, 2.05) is 11.3 Å². The van der Waals surface area contributed by atoms with Gasteiger partial charge in [-0.3, -0.25) is 0 Å². The van der Waals surface area contributed by atoms with E-state index in [4.69, 9.17) is 4.98 Å². The van der Waals surface area contributed by atoms with Gasteiger partial charge in [0, 0.05) is 17.3 Å². The van der Waals surface area contributed by atoms with Crippen molar-refractivity contribution in [3.63, 3.8) is 0 Å². The lowest BCUT2D eigenvalue weighted by Crippen LogP contribution is -2.35. The van der Waals surface area contributed by atoms with Gasteiger partial charge in [-0.1, -0.05) is 6.42 Å². The number of aryl methyl sites for hydroxylation is 2. The fourth-order valence-corrected chi connectivity index (χ4v) is 4.04. The molecule has 2 aliphatic rings. The maximum absolute atomic E-state index is 4.82. The van der Waals surface area contributed by atoms with Crippen LogP contribution in [0, 0.1) is 0 Å². The normalized spacial score (nSPS) is 25.4. The first-order valence-electron chi connectivity index (χ1n) is 6.62. The smallest absolute Gasteiger partial charge is 0.0946 e. The molecule has 2 heterocycles. The third-order valence-corrected chi connectivity index (χ3v) is 4.90. The molecule has 1 aromatic rings. The Morgan fingerprint density at radius 1 is 1.19 bits per heavy atom. The molecule has 3 rings (SSSR count). The van der Waals surface area contributed by atoms with E-state index >= 15 is 0 Å². The second-order valence-corrected chi connectivity index (χ2v) is 6.20. The highest BCUT2D eigenvalue weighted by Crippen LogP contribution is 2.27. The third kappa shape index (κ3) is 2.30. The van der Waals surface area contributed by atoms with E-state index in [9.17, 15) is 0 Å². The van der Waals surface area contributed by atoms with Crippen molar-refractivity contribution < 1.29 is 0 Å². The summed E-state index contributed by atoms with van der Waals surface area (Å²) in [5.41, 5.74) is 1.42. The Morgan fingerprint density at radius 2 is 2.12 bits per heavy atom. The first-order valence-corrected chi connectivity index (χ1v) is 7.44. The van der Waals surface area contributed by atoms with Crippen molar-refractivity contribution in [1.29, 1.82) is 0 Å². The van der Waals surface area contributed by atoms with Crippen LogP contribution in [0.4, 0.5) is 0 Å². The molecule has 0 bridgehead atoms. The van der Waals surface area contributed by atoms with Crippen LogP contribution >= 0.6 is 11.3 Å². The topological polar surface area (TPSA) is 24.9 Å². The van der Waals surface area contributed by atoms with Crippen LogP contribution < -0.4 is 5.32 Å². The number of nitrogens with one attached hydrogen (secondary N) is 1. The minimum absolute atomic E-state index is 0.696. The van der Waals surface area contributed by atoms with Crippen LogP contribution in [0.5, 0.6) is 0 Å². The minimum atomic E-state index is 0.696. The molecule has 1 aromatic heterocycles. The molecule has 0 spiro atoms. The highest BCUT2D eigenvalue weighted by molar-refractivity contribution is 7.11. The summed E-state index contributed by atoms with van der Waals surface area (Å²) >= 11 is 1.98. The second-order valence-electron chi connectivity index (χ2n) is 5.04. The summed E-state index contributed by atoms with van der Waals surface area (Å²) in [5.74, 6) is 0. The van der Waals surface area contributed by atoms with Gasteiger partial charge in [0.1, 0.15) is 0 Å². The van der Waals surface area contributed by atoms with Gasteiger partial charge < -0.3 is 5.32 Å². The second kappa shape index (κ2) is 4.84. The fraction of sp³-hybridized carbons (Fsp3) is 0.769. The Balaban J connectivity index is 1.67. The molecule has 3 heteroatoms. The summed E-state index contributed by atoms with van der Waals surface area (Å²) < 4.78 is 0. The molecule has 2 nitrogen and oxygen atoms in total. The Bertz CT molecular complexity index is 329. The zero-order valence-corrected chi connectivity index (χ0v) is 10.6. The quantitative estimate of drug-likeness (QED) is 0.854. The standard InChI is InChI=1S/C13H20N2S/c1-2-7-12-11(6-1)15-13(16-12)9-10-5-3-4-8-14-10/h10,14H,1-9H2. The van der Waals surface area contributed by atoms with Crippen LogP contribution in [0.15, 0.2) is 0 Å². The van der Waals surface area contributed by atoms with Crippen molar-refractivity contribution in [2.45, 2.75) is 57.4 Å². The van der Waals surface area contributed by atoms with Crippen molar-refractivity contribution >= 4 is 11.3 Å². The van der Waals surface area contributed by atoms with Crippen LogP contribution in [0.3, 0.4) is 0 Å². The van der Waals surface area contributed by atoms with E-state index in [1.54, 1.807) is 4.88 Å². The lowest BCUT2D eigenvalue weighted by atomic mass is 10.0. The Labute approximate surface area is 101 Å². The third-order valence-electron chi connectivity index (χ3n) is 3.72. The van der Waals surface area contributed by atoms with Crippen LogP contribution in [0.2, 0.25) is 0 Å². The minimum Gasteiger partial charge on any atom is -0.314 e. The molecule has 88 valence electrons. The Kier molecular flexibility index (Phi) is 3.25. The van der Waals surface area contributed by atoms with Crippen molar-refractivity contribution in [2.24, 2.45) is 0 Å². The lowest BCUT2D eigenvalue weighted by Gasteiger charge is -2.22. The van der Waals surface area contributed by atoms with Gasteiger partial charge in [-0.25, -0.2) is 4.98 Å². The van der Waals surface area contributed by atoms with Gasteiger partial charge >= 0.3 is 0 Å². The van der Waals surface area contributed by atoms with Crippen LogP contribution in [-0.2, 0) is 19.3 Å². The number of nitrogens with zero attached hydrogens (tertiary/aromatic N) is 1. The Morgan fingerprint density at radius 3 is 2.94 bits per heavy atom. The van der Waals surface area contributed by atoms with Gasteiger partial charge in [-0.05, 0) is 45.1 Å². The summed E-state index contributed by atoms with van der Waals surface area (Å²) in [6.45, 7) is 1.20. The molecule has 0 aromatic carbocycles. The van der Waals surface area contributed by atoms with E-state index < -0.39 is 0 Å². The molecular formula is C13H20N2S. The van der Waals surface area contributed by atoms with E-state index in [2.05, 4.69) is 5.32 Å². The molecule has 0 amide bonds. The average molecular weight is 236 g/mol. The average Bonchev–Trinajstić information content (AvgIpc) is 2.72. The molecule has 1 aliphatic carbocycles. The molecule has 1 atom stereocenters. The van der Waals surface area contributed by atoms with Gasteiger partial charge in [-0.2, -0.15) is 0 Å². The summed E-state index contributed by atoms with van der Waals surface area (Å²) in [4.78, 5) is 6.40. The zero-order valence-electron chi connectivity index (χ0n) is 9.80. The van der Waals surface area contributed by atoms with Gasteiger partial charge in [-0.15, -0.1) is 11.3 Å². The van der Waals surface area contributed by atoms with Gasteiger partial charge in [0.15, 0.2) is 0 Å². The van der Waals surface area contributed by atoms with Crippen LogP contribution in [-0.4, -0.2) is 17.6 Å². The number of hydrogen-bond acceptors (Lipinski definition) is 3. The number of thiazole rings is 1. The number of rotatable bonds is 2. The highest BCUT2D eigenvalue weighted by Gasteiger charge is 2.18. The number of hydrogen-bond donors (Lipinski definition) is 1. The number of piperidine rings is 1. The molecule has 0 saturated carbocycles. The maximum Gasteiger partial charge on any atom is 0.0946 e. The van der Waals surface area contributed by atoms with Crippen molar-refractivity contribution in [2.75, 3.05) is 6.54 Å².